The summed E-state index contributed by atoms with van der Waals surface area (Å²) >= 11 is 0. The molecule has 0 amide bonds. The van der Waals surface area contributed by atoms with E-state index in [-0.39, 0.29) is 37.5 Å². The molecule has 4 aromatic heterocycles. The molecule has 0 aliphatic rings. The van der Waals surface area contributed by atoms with Crippen LogP contribution in [0.1, 0.15) is 74.1 Å². The van der Waals surface area contributed by atoms with E-state index < -0.39 is 14.4 Å². The van der Waals surface area contributed by atoms with Crippen LogP contribution in [0.15, 0.2) is 83.4 Å². The van der Waals surface area contributed by atoms with Gasteiger partial charge in [-0.2, -0.15) is 0 Å². The van der Waals surface area contributed by atoms with Crippen LogP contribution in [0, 0.1) is 25.0 Å². The smallest absolute Gasteiger partial charge is 0.216 e. The summed E-state index contributed by atoms with van der Waals surface area (Å²) in [5.41, 5.74) is 9.18. The minimum atomic E-state index is -1.71. The van der Waals surface area contributed by atoms with Crippen molar-refractivity contribution in [1.82, 2.24) is 19.5 Å². The quantitative estimate of drug-likeness (QED) is 0.123. The molecule has 7 heteroatoms. The molecule has 7 rings (SSSR count). The zero-order valence-electron chi connectivity index (χ0n) is 33.7. The molecule has 0 unspecified atom stereocenters. The van der Waals surface area contributed by atoms with Gasteiger partial charge in [-0.3, -0.25) is 4.98 Å². The maximum absolute atomic E-state index is 8.69. The number of imidazole rings is 1. The van der Waals surface area contributed by atoms with Gasteiger partial charge in [0, 0.05) is 46.2 Å². The summed E-state index contributed by atoms with van der Waals surface area (Å²) in [6, 6.07) is 31.3. The molecule has 4 heterocycles. The number of fused-ring (bicyclic) bond motifs is 4. The van der Waals surface area contributed by atoms with E-state index in [9.17, 15) is 0 Å². The maximum Gasteiger partial charge on any atom is 0.216 e. The van der Waals surface area contributed by atoms with Gasteiger partial charge in [-0.25, -0.2) is 4.98 Å². The fourth-order valence-corrected chi connectivity index (χ4v) is 7.74. The first-order valence-electron chi connectivity index (χ1n) is 18.6. The van der Waals surface area contributed by atoms with Crippen molar-refractivity contribution in [1.29, 1.82) is 0 Å². The molecule has 0 saturated carbocycles. The Bertz CT molecular complexity index is 2400. The van der Waals surface area contributed by atoms with Gasteiger partial charge in [-0.05, 0) is 73.6 Å². The predicted molar refractivity (Wildman–Crippen MR) is 213 cm³/mol. The third-order valence-electron chi connectivity index (χ3n) is 8.87. The van der Waals surface area contributed by atoms with Crippen molar-refractivity contribution < 1.29 is 27.3 Å². The Morgan fingerprint density at radius 2 is 1.63 bits per heavy atom. The third kappa shape index (κ3) is 8.12. The van der Waals surface area contributed by atoms with Crippen LogP contribution in [0.5, 0.6) is 0 Å². The Labute approximate surface area is 321 Å². The van der Waals surface area contributed by atoms with Crippen LogP contribution < -0.4 is 5.19 Å². The number of nitrogens with zero attached hydrogens (tertiary/aromatic N) is 4. The summed E-state index contributed by atoms with van der Waals surface area (Å²) in [5, 5.41) is 3.17. The van der Waals surface area contributed by atoms with E-state index in [2.05, 4.69) is 100 Å². The first-order valence-corrected chi connectivity index (χ1v) is 21.1. The van der Waals surface area contributed by atoms with Crippen molar-refractivity contribution >= 4 is 46.4 Å². The number of aryl methyl sites for hydroxylation is 1. The Hall–Kier alpha value is -3.90. The maximum atomic E-state index is 8.69. The van der Waals surface area contributed by atoms with Gasteiger partial charge in [0.05, 0.1) is 30.5 Å². The molecule has 267 valence electrons. The van der Waals surface area contributed by atoms with Crippen LogP contribution in [0.3, 0.4) is 0 Å². The monoisotopic (exact) mass is 873 g/mol. The van der Waals surface area contributed by atoms with Crippen molar-refractivity contribution in [3.63, 3.8) is 0 Å². The van der Waals surface area contributed by atoms with Gasteiger partial charge in [-0.15, -0.1) is 53.6 Å². The van der Waals surface area contributed by atoms with Crippen molar-refractivity contribution in [2.24, 2.45) is 5.92 Å². The summed E-state index contributed by atoms with van der Waals surface area (Å²) in [7, 11) is -1.71. The topological polar surface area (TPSA) is 56.7 Å². The van der Waals surface area contributed by atoms with Crippen LogP contribution in [0.2, 0.25) is 19.6 Å². The van der Waals surface area contributed by atoms with Crippen molar-refractivity contribution in [2.45, 2.75) is 92.9 Å². The summed E-state index contributed by atoms with van der Waals surface area (Å²) in [6.45, 7) is 23.5. The van der Waals surface area contributed by atoms with Crippen LogP contribution >= 0.6 is 0 Å². The molecule has 0 bridgehead atoms. The Balaban J connectivity index is 0.000000201. The molecule has 0 atom stereocenters. The number of pyridine rings is 2. The minimum Gasteiger partial charge on any atom is -0.486 e. The molecule has 0 aliphatic heterocycles. The van der Waals surface area contributed by atoms with Gasteiger partial charge in [0.1, 0.15) is 0 Å². The van der Waals surface area contributed by atoms with Gasteiger partial charge >= 0.3 is 0 Å². The predicted octanol–water partition coefficient (Wildman–Crippen LogP) is 11.3. The molecule has 0 N–H and O–H groups in total. The normalized spacial score (nSPS) is 13.0. The average Bonchev–Trinajstić information content (AvgIpc) is 3.66. The van der Waals surface area contributed by atoms with Gasteiger partial charge < -0.3 is 14.0 Å². The molecule has 0 spiro atoms. The number of benzene rings is 3. The first kappa shape index (κ1) is 35.5. The summed E-state index contributed by atoms with van der Waals surface area (Å²) in [4.78, 5) is 14.1. The summed E-state index contributed by atoms with van der Waals surface area (Å²) in [5.74, 6) is 0.778. The largest absolute Gasteiger partial charge is 0.486 e. The molecular weight excluding hydrogens is 821 g/mol. The van der Waals surface area contributed by atoms with E-state index in [1.165, 1.54) is 5.56 Å². The van der Waals surface area contributed by atoms with Crippen molar-refractivity contribution in [3.05, 3.63) is 108 Å². The van der Waals surface area contributed by atoms with Crippen LogP contribution in [0.25, 0.3) is 55.7 Å². The molecule has 7 aromatic rings. The average molecular weight is 873 g/mol. The van der Waals surface area contributed by atoms with Gasteiger partial charge in [-0.1, -0.05) is 89.0 Å². The Morgan fingerprint density at radius 1 is 0.902 bits per heavy atom. The molecule has 51 heavy (non-hydrogen) atoms. The number of aromatic nitrogens is 4. The molecule has 0 saturated heterocycles. The number of furan rings is 1. The van der Waals surface area contributed by atoms with E-state index in [1.54, 1.807) is 0 Å². The van der Waals surface area contributed by atoms with Gasteiger partial charge in [0.2, 0.25) is 5.71 Å². The van der Waals surface area contributed by atoms with Crippen LogP contribution in [-0.4, -0.2) is 27.6 Å². The second kappa shape index (κ2) is 15.0. The second-order valence-corrected chi connectivity index (χ2v) is 20.8. The summed E-state index contributed by atoms with van der Waals surface area (Å²) < 4.78 is 25.8. The SMILES string of the molecule is Cc1ccc2c(n1)oc1c(-c3nc4ccccc4n3C(C)C)[c-]ccc12.[2H]C([2H])(c1cc(-c2[c-]ccc(C(C)(C)C)c2)ncc1[Si](C)(C)C)C(C)C.[Ir]. The van der Waals surface area contributed by atoms with Crippen molar-refractivity contribution in [3.8, 4) is 22.6 Å². The second-order valence-electron chi connectivity index (χ2n) is 15.8. The molecule has 1 radical (unpaired) electrons. The molecular formula is C44H50IrN4OSi-2. The fourth-order valence-electron chi connectivity index (χ4n) is 6.34. The number of para-hydroxylation sites is 2. The molecule has 0 fully saturated rings. The van der Waals surface area contributed by atoms with E-state index in [1.807, 2.05) is 75.5 Å². The van der Waals surface area contributed by atoms with E-state index in [0.29, 0.717) is 5.71 Å². The Kier molecular flexibility index (Phi) is 10.4. The third-order valence-corrected chi connectivity index (χ3v) is 10.9. The fraction of sp³-hybridized carbons (Fsp3) is 0.341. The van der Waals surface area contributed by atoms with Crippen LogP contribution in [0.4, 0.5) is 0 Å². The number of hydrogen-bond donors (Lipinski definition) is 0. The van der Waals surface area contributed by atoms with E-state index in [0.717, 1.165) is 66.5 Å². The van der Waals surface area contributed by atoms with Gasteiger partial charge in [0.15, 0.2) is 0 Å². The zero-order valence-corrected chi connectivity index (χ0v) is 35.1. The first-order chi connectivity index (χ1) is 24.4. The number of hydrogen-bond acceptors (Lipinski definition) is 4. The van der Waals surface area contributed by atoms with Crippen molar-refractivity contribution in [2.75, 3.05) is 0 Å². The Morgan fingerprint density at radius 3 is 2.31 bits per heavy atom. The zero-order chi connectivity index (χ0) is 37.7. The molecule has 3 aromatic carbocycles. The standard InChI is InChI=1S/C22H18N3O.C22H32NSi.Ir/c1-13(2)25-19-10-5-4-9-18(19)24-21(25)17-8-6-7-15-16-12-11-14(3)23-22(16)26-20(15)17;1-16(2)12-18-14-20(23-15-21(18)24(6,7)8)17-10-9-11-19(13-17)22(3,4)5;/h4-7,9-13H,1-3H3;9,11,13-16H,12H2,1-8H3;/q2*-1;/i;12D2;. The number of rotatable bonds is 6. The van der Waals surface area contributed by atoms with E-state index >= 15 is 0 Å². The van der Waals surface area contributed by atoms with Crippen LogP contribution in [-0.2, 0) is 31.9 Å². The van der Waals surface area contributed by atoms with E-state index in [4.69, 9.17) is 17.1 Å². The molecule has 5 nitrogen and oxygen atoms in total. The molecule has 0 aliphatic carbocycles. The summed E-state index contributed by atoms with van der Waals surface area (Å²) in [6.07, 6.45) is 0.531. The van der Waals surface area contributed by atoms with Gasteiger partial charge in [0.25, 0.3) is 0 Å². The minimum absolute atomic E-state index is 0.